The predicted octanol–water partition coefficient (Wildman–Crippen LogP) is 3.15. The lowest BCUT2D eigenvalue weighted by Gasteiger charge is -2.22. The molecule has 1 heterocycles. The molecule has 0 saturated heterocycles. The third kappa shape index (κ3) is 2.39. The number of fused-ring (bicyclic) bond motifs is 1. The standard InChI is InChI=1S/C17H16FNO3/c1-11-17(20)19(14-8-4-3-7-13(14)18)10-12-6-5-9-15(21-2)16(12)22-11/h3-9,11H,10H2,1-2H3. The van der Waals surface area contributed by atoms with Gasteiger partial charge in [-0.2, -0.15) is 0 Å². The maximum absolute atomic E-state index is 14.1. The molecule has 0 aromatic heterocycles. The van der Waals surface area contributed by atoms with E-state index in [0.717, 1.165) is 5.56 Å². The molecule has 1 aliphatic rings. The molecule has 0 aliphatic carbocycles. The number of anilines is 1. The third-order valence-corrected chi connectivity index (χ3v) is 3.66. The molecule has 1 aliphatic heterocycles. The van der Waals surface area contributed by atoms with Crippen LogP contribution in [0.1, 0.15) is 12.5 Å². The van der Waals surface area contributed by atoms with E-state index in [9.17, 15) is 9.18 Å². The van der Waals surface area contributed by atoms with Crippen LogP contribution in [0.2, 0.25) is 0 Å². The summed E-state index contributed by atoms with van der Waals surface area (Å²) in [5.41, 5.74) is 1.03. The van der Waals surface area contributed by atoms with Crippen LogP contribution in [0, 0.1) is 5.82 Å². The monoisotopic (exact) mass is 301 g/mol. The van der Waals surface area contributed by atoms with Crippen LogP contribution in [0.4, 0.5) is 10.1 Å². The van der Waals surface area contributed by atoms with Crippen LogP contribution >= 0.6 is 0 Å². The first-order chi connectivity index (χ1) is 10.6. The van der Waals surface area contributed by atoms with E-state index in [4.69, 9.17) is 9.47 Å². The van der Waals surface area contributed by atoms with E-state index in [-0.39, 0.29) is 18.1 Å². The Hall–Kier alpha value is -2.56. The average Bonchev–Trinajstić information content (AvgIpc) is 2.65. The average molecular weight is 301 g/mol. The topological polar surface area (TPSA) is 38.8 Å². The van der Waals surface area contributed by atoms with E-state index in [0.29, 0.717) is 11.5 Å². The zero-order chi connectivity index (χ0) is 15.7. The summed E-state index contributed by atoms with van der Waals surface area (Å²) in [6.07, 6.45) is -0.725. The fourth-order valence-corrected chi connectivity index (χ4v) is 2.55. The smallest absolute Gasteiger partial charge is 0.268 e. The molecule has 114 valence electrons. The number of ether oxygens (including phenoxy) is 2. The maximum Gasteiger partial charge on any atom is 0.268 e. The Bertz CT molecular complexity index is 717. The molecule has 0 radical (unpaired) electrons. The SMILES string of the molecule is COc1cccc2c1OC(C)C(=O)N(c1ccccc1F)C2. The largest absolute Gasteiger partial charge is 0.493 e. The van der Waals surface area contributed by atoms with E-state index in [1.54, 1.807) is 38.3 Å². The van der Waals surface area contributed by atoms with Crippen molar-refractivity contribution in [2.45, 2.75) is 19.6 Å². The van der Waals surface area contributed by atoms with Crippen molar-refractivity contribution in [3.05, 3.63) is 53.8 Å². The van der Waals surface area contributed by atoms with Crippen molar-refractivity contribution in [3.8, 4) is 11.5 Å². The minimum absolute atomic E-state index is 0.233. The van der Waals surface area contributed by atoms with Crippen LogP contribution in [-0.2, 0) is 11.3 Å². The predicted molar refractivity (Wildman–Crippen MR) is 80.7 cm³/mol. The van der Waals surface area contributed by atoms with E-state index >= 15 is 0 Å². The first kappa shape index (κ1) is 14.4. The Morgan fingerprint density at radius 3 is 2.73 bits per heavy atom. The quantitative estimate of drug-likeness (QED) is 0.855. The summed E-state index contributed by atoms with van der Waals surface area (Å²) in [6, 6.07) is 11.7. The number of carbonyl (C=O) groups is 1. The number of amides is 1. The molecule has 2 aromatic carbocycles. The fraction of sp³-hybridized carbons (Fsp3) is 0.235. The van der Waals surface area contributed by atoms with Gasteiger partial charge in [-0.3, -0.25) is 4.79 Å². The molecule has 3 rings (SSSR count). The molecule has 4 nitrogen and oxygen atoms in total. The normalized spacial score (nSPS) is 17.5. The summed E-state index contributed by atoms with van der Waals surface area (Å²) >= 11 is 0. The number of nitrogens with zero attached hydrogens (tertiary/aromatic N) is 1. The van der Waals surface area contributed by atoms with E-state index < -0.39 is 11.9 Å². The molecule has 0 fully saturated rings. The first-order valence-corrected chi connectivity index (χ1v) is 7.00. The molecule has 0 spiro atoms. The van der Waals surface area contributed by atoms with Gasteiger partial charge in [-0.15, -0.1) is 0 Å². The van der Waals surface area contributed by atoms with Crippen molar-refractivity contribution in [3.63, 3.8) is 0 Å². The highest BCUT2D eigenvalue weighted by Gasteiger charge is 2.31. The number of para-hydroxylation sites is 2. The minimum Gasteiger partial charge on any atom is -0.493 e. The molecule has 22 heavy (non-hydrogen) atoms. The summed E-state index contributed by atoms with van der Waals surface area (Å²) in [5.74, 6) is 0.370. The Kier molecular flexibility index (Phi) is 3.71. The van der Waals surface area contributed by atoms with Crippen LogP contribution < -0.4 is 14.4 Å². The van der Waals surface area contributed by atoms with Crippen molar-refractivity contribution in [1.29, 1.82) is 0 Å². The van der Waals surface area contributed by atoms with E-state index in [1.165, 1.54) is 11.0 Å². The van der Waals surface area contributed by atoms with Crippen molar-refractivity contribution >= 4 is 11.6 Å². The van der Waals surface area contributed by atoms with Gasteiger partial charge in [-0.1, -0.05) is 24.3 Å². The second kappa shape index (κ2) is 5.67. The zero-order valence-corrected chi connectivity index (χ0v) is 12.4. The maximum atomic E-state index is 14.1. The Balaban J connectivity index is 2.09. The fourth-order valence-electron chi connectivity index (χ4n) is 2.55. The summed E-state index contributed by atoms with van der Waals surface area (Å²) < 4.78 is 25.1. The van der Waals surface area contributed by atoms with Gasteiger partial charge in [0.2, 0.25) is 0 Å². The number of carbonyl (C=O) groups excluding carboxylic acids is 1. The van der Waals surface area contributed by atoms with E-state index in [1.807, 2.05) is 12.1 Å². The molecule has 5 heteroatoms. The summed E-state index contributed by atoms with van der Waals surface area (Å²) in [5, 5.41) is 0. The summed E-state index contributed by atoms with van der Waals surface area (Å²) in [6.45, 7) is 1.88. The van der Waals surface area contributed by atoms with Crippen LogP contribution in [-0.4, -0.2) is 19.1 Å². The van der Waals surface area contributed by atoms with Crippen molar-refractivity contribution in [2.24, 2.45) is 0 Å². The molecular formula is C17H16FNO3. The van der Waals surface area contributed by atoms with Crippen molar-refractivity contribution in [2.75, 3.05) is 12.0 Å². The highest BCUT2D eigenvalue weighted by Crippen LogP contribution is 2.36. The van der Waals surface area contributed by atoms with Crippen LogP contribution in [0.5, 0.6) is 11.5 Å². The highest BCUT2D eigenvalue weighted by atomic mass is 19.1. The molecule has 1 atom stereocenters. The van der Waals surface area contributed by atoms with Gasteiger partial charge in [0.15, 0.2) is 17.6 Å². The summed E-state index contributed by atoms with van der Waals surface area (Å²) in [7, 11) is 1.55. The Labute approximate surface area is 128 Å². The van der Waals surface area contributed by atoms with Crippen molar-refractivity contribution in [1.82, 2.24) is 0 Å². The minimum atomic E-state index is -0.725. The van der Waals surface area contributed by atoms with Gasteiger partial charge in [-0.25, -0.2) is 4.39 Å². The number of hydrogen-bond acceptors (Lipinski definition) is 3. The number of benzene rings is 2. The molecule has 1 amide bonds. The van der Waals surface area contributed by atoms with Gasteiger partial charge >= 0.3 is 0 Å². The highest BCUT2D eigenvalue weighted by molar-refractivity contribution is 5.97. The van der Waals surface area contributed by atoms with Crippen LogP contribution in [0.3, 0.4) is 0 Å². The van der Waals surface area contributed by atoms with Gasteiger partial charge in [0, 0.05) is 5.56 Å². The number of hydrogen-bond donors (Lipinski definition) is 0. The molecule has 0 N–H and O–H groups in total. The number of methoxy groups -OCH3 is 1. The molecular weight excluding hydrogens is 285 g/mol. The lowest BCUT2D eigenvalue weighted by molar-refractivity contribution is -0.124. The van der Waals surface area contributed by atoms with Crippen LogP contribution in [0.25, 0.3) is 0 Å². The molecule has 0 saturated carbocycles. The van der Waals surface area contributed by atoms with Gasteiger partial charge in [0.05, 0.1) is 19.3 Å². The first-order valence-electron chi connectivity index (χ1n) is 7.00. The lowest BCUT2D eigenvalue weighted by Crippen LogP contribution is -2.38. The molecule has 1 unspecified atom stereocenters. The van der Waals surface area contributed by atoms with Gasteiger partial charge in [0.25, 0.3) is 5.91 Å². The van der Waals surface area contributed by atoms with Crippen LogP contribution in [0.15, 0.2) is 42.5 Å². The second-order valence-corrected chi connectivity index (χ2v) is 5.08. The lowest BCUT2D eigenvalue weighted by atomic mass is 10.1. The summed E-state index contributed by atoms with van der Waals surface area (Å²) in [4.78, 5) is 14.0. The Morgan fingerprint density at radius 2 is 2.00 bits per heavy atom. The zero-order valence-electron chi connectivity index (χ0n) is 12.4. The second-order valence-electron chi connectivity index (χ2n) is 5.08. The Morgan fingerprint density at radius 1 is 1.23 bits per heavy atom. The molecule has 2 aromatic rings. The molecule has 0 bridgehead atoms. The van der Waals surface area contributed by atoms with Gasteiger partial charge < -0.3 is 14.4 Å². The van der Waals surface area contributed by atoms with E-state index in [2.05, 4.69) is 0 Å². The number of rotatable bonds is 2. The third-order valence-electron chi connectivity index (χ3n) is 3.66. The van der Waals surface area contributed by atoms with Gasteiger partial charge in [0.1, 0.15) is 5.82 Å². The van der Waals surface area contributed by atoms with Gasteiger partial charge in [-0.05, 0) is 25.1 Å². The number of halogens is 1. The van der Waals surface area contributed by atoms with Crippen molar-refractivity contribution < 1.29 is 18.7 Å².